The van der Waals surface area contributed by atoms with Crippen LogP contribution in [0.25, 0.3) is 11.1 Å². The van der Waals surface area contributed by atoms with Crippen LogP contribution in [-0.2, 0) is 10.8 Å². The highest BCUT2D eigenvalue weighted by atomic mass is 35.5. The molecule has 0 aromatic heterocycles. The monoisotopic (exact) mass is 284 g/mol. The van der Waals surface area contributed by atoms with Crippen molar-refractivity contribution in [1.82, 2.24) is 0 Å². The minimum Gasteiger partial charge on any atom is -0.0843 e. The molecule has 1 heteroatoms. The molecule has 0 nitrogen and oxygen atoms in total. The third kappa shape index (κ3) is 2.16. The van der Waals surface area contributed by atoms with Crippen LogP contribution in [0.3, 0.4) is 0 Å². The number of fused-ring (bicyclic) bond motifs is 1. The van der Waals surface area contributed by atoms with Gasteiger partial charge >= 0.3 is 0 Å². The zero-order chi connectivity index (χ0) is 14.5. The summed E-state index contributed by atoms with van der Waals surface area (Å²) in [6.45, 7) is 9.39. The van der Waals surface area contributed by atoms with Crippen molar-refractivity contribution in [3.8, 4) is 11.1 Å². The number of rotatable bonds is 1. The Kier molecular flexibility index (Phi) is 2.99. The van der Waals surface area contributed by atoms with Crippen LogP contribution in [0.15, 0.2) is 42.5 Å². The molecule has 0 unspecified atom stereocenters. The molecule has 2 aromatic rings. The van der Waals surface area contributed by atoms with Crippen LogP contribution in [-0.4, -0.2) is 0 Å². The van der Waals surface area contributed by atoms with Gasteiger partial charge in [0.1, 0.15) is 0 Å². The first-order chi connectivity index (χ1) is 9.29. The molecule has 0 atom stereocenters. The summed E-state index contributed by atoms with van der Waals surface area (Å²) < 4.78 is 0. The van der Waals surface area contributed by atoms with Crippen LogP contribution in [0, 0.1) is 0 Å². The molecule has 3 rings (SSSR count). The Labute approximate surface area is 126 Å². The van der Waals surface area contributed by atoms with Gasteiger partial charge < -0.3 is 0 Å². The molecular weight excluding hydrogens is 264 g/mol. The predicted molar refractivity (Wildman–Crippen MR) is 87.6 cm³/mol. The Bertz CT molecular complexity index is 665. The van der Waals surface area contributed by atoms with Gasteiger partial charge in [-0.2, -0.15) is 0 Å². The van der Waals surface area contributed by atoms with E-state index < -0.39 is 0 Å². The van der Waals surface area contributed by atoms with Crippen LogP contribution in [0.4, 0.5) is 0 Å². The Hall–Kier alpha value is -1.27. The topological polar surface area (TPSA) is 0 Å². The van der Waals surface area contributed by atoms with E-state index in [0.29, 0.717) is 0 Å². The van der Waals surface area contributed by atoms with Gasteiger partial charge in [-0.1, -0.05) is 69.6 Å². The highest BCUT2D eigenvalue weighted by Crippen LogP contribution is 2.50. The van der Waals surface area contributed by atoms with Crippen molar-refractivity contribution in [1.29, 1.82) is 0 Å². The largest absolute Gasteiger partial charge is 0.0843 e. The lowest BCUT2D eigenvalue weighted by atomic mass is 9.82. The zero-order valence-corrected chi connectivity index (χ0v) is 13.4. The molecule has 2 aromatic carbocycles. The molecule has 20 heavy (non-hydrogen) atoms. The molecule has 0 spiro atoms. The molecule has 1 aliphatic rings. The second-order valence-corrected chi connectivity index (χ2v) is 7.65. The third-order valence-corrected chi connectivity index (χ3v) is 4.75. The number of benzene rings is 2. The molecule has 0 saturated carbocycles. The fourth-order valence-electron chi connectivity index (χ4n) is 3.84. The molecular formula is C19H21Cl. The standard InChI is InChI=1S/C19H21Cl/c1-18(2)12-19(3,4)17-11-14(8-9-16(17)18)13-6-5-7-15(20)10-13/h5-11H,12H2,1-4H3. The van der Waals surface area contributed by atoms with Gasteiger partial charge in [0.05, 0.1) is 0 Å². The molecule has 0 saturated heterocycles. The van der Waals surface area contributed by atoms with E-state index >= 15 is 0 Å². The average Bonchev–Trinajstić information content (AvgIpc) is 2.55. The van der Waals surface area contributed by atoms with Crippen LogP contribution < -0.4 is 0 Å². The molecule has 0 fully saturated rings. The van der Waals surface area contributed by atoms with Gasteiger partial charge in [0.25, 0.3) is 0 Å². The van der Waals surface area contributed by atoms with E-state index in [2.05, 4.69) is 52.0 Å². The van der Waals surface area contributed by atoms with Gasteiger partial charge in [0.15, 0.2) is 0 Å². The summed E-state index contributed by atoms with van der Waals surface area (Å²) >= 11 is 6.11. The van der Waals surface area contributed by atoms with Crippen LogP contribution >= 0.6 is 11.6 Å². The Morgan fingerprint density at radius 1 is 0.800 bits per heavy atom. The molecule has 104 valence electrons. The van der Waals surface area contributed by atoms with Crippen LogP contribution in [0.2, 0.25) is 5.02 Å². The Morgan fingerprint density at radius 3 is 2.15 bits per heavy atom. The van der Waals surface area contributed by atoms with Crippen molar-refractivity contribution in [3.63, 3.8) is 0 Å². The summed E-state index contributed by atoms with van der Waals surface area (Å²) in [7, 11) is 0. The van der Waals surface area contributed by atoms with Crippen LogP contribution in [0.5, 0.6) is 0 Å². The molecule has 0 N–H and O–H groups in total. The van der Waals surface area contributed by atoms with E-state index in [-0.39, 0.29) is 10.8 Å². The minimum absolute atomic E-state index is 0.243. The zero-order valence-electron chi connectivity index (χ0n) is 12.6. The van der Waals surface area contributed by atoms with E-state index in [1.165, 1.54) is 28.7 Å². The Morgan fingerprint density at radius 2 is 1.45 bits per heavy atom. The lowest BCUT2D eigenvalue weighted by Gasteiger charge is -2.22. The SMILES string of the molecule is CC1(C)CC(C)(C)c2cc(-c3cccc(Cl)c3)ccc21. The van der Waals surface area contributed by atoms with E-state index in [4.69, 9.17) is 11.6 Å². The van der Waals surface area contributed by atoms with Crippen molar-refractivity contribution >= 4 is 11.6 Å². The second kappa shape index (κ2) is 4.36. The molecule has 1 aliphatic carbocycles. The maximum absolute atomic E-state index is 6.11. The van der Waals surface area contributed by atoms with Gasteiger partial charge in [-0.15, -0.1) is 0 Å². The van der Waals surface area contributed by atoms with E-state index in [1.807, 2.05) is 18.2 Å². The fraction of sp³-hybridized carbons (Fsp3) is 0.368. The smallest absolute Gasteiger partial charge is 0.0412 e. The molecule has 0 amide bonds. The summed E-state index contributed by atoms with van der Waals surface area (Å²) in [5.74, 6) is 0. The molecule has 0 bridgehead atoms. The van der Waals surface area contributed by atoms with Crippen molar-refractivity contribution in [2.75, 3.05) is 0 Å². The quantitative estimate of drug-likeness (QED) is 0.605. The summed E-state index contributed by atoms with van der Waals surface area (Å²) in [4.78, 5) is 0. The molecule has 0 radical (unpaired) electrons. The fourth-order valence-corrected chi connectivity index (χ4v) is 4.03. The maximum atomic E-state index is 6.11. The second-order valence-electron chi connectivity index (χ2n) is 7.22. The van der Waals surface area contributed by atoms with Crippen molar-refractivity contribution in [2.45, 2.75) is 44.9 Å². The minimum atomic E-state index is 0.243. The lowest BCUT2D eigenvalue weighted by molar-refractivity contribution is 0.403. The first-order valence-electron chi connectivity index (χ1n) is 7.21. The summed E-state index contributed by atoms with van der Waals surface area (Å²) in [6.07, 6.45) is 1.20. The van der Waals surface area contributed by atoms with Gasteiger partial charge in [-0.05, 0) is 51.6 Å². The number of hydrogen-bond donors (Lipinski definition) is 0. The van der Waals surface area contributed by atoms with Gasteiger partial charge in [0, 0.05) is 5.02 Å². The van der Waals surface area contributed by atoms with Gasteiger partial charge in [-0.25, -0.2) is 0 Å². The first-order valence-corrected chi connectivity index (χ1v) is 7.58. The molecule has 0 heterocycles. The number of halogens is 1. The Balaban J connectivity index is 2.15. The van der Waals surface area contributed by atoms with Crippen molar-refractivity contribution in [3.05, 3.63) is 58.6 Å². The van der Waals surface area contributed by atoms with Gasteiger partial charge in [-0.3, -0.25) is 0 Å². The van der Waals surface area contributed by atoms with E-state index in [1.54, 1.807) is 0 Å². The highest BCUT2D eigenvalue weighted by Gasteiger charge is 2.41. The maximum Gasteiger partial charge on any atom is 0.0412 e. The first kappa shape index (κ1) is 13.7. The van der Waals surface area contributed by atoms with E-state index in [9.17, 15) is 0 Å². The highest BCUT2D eigenvalue weighted by molar-refractivity contribution is 6.30. The summed E-state index contributed by atoms with van der Waals surface area (Å²) in [5, 5.41) is 0.794. The predicted octanol–water partition coefficient (Wildman–Crippen LogP) is 5.97. The summed E-state index contributed by atoms with van der Waals surface area (Å²) in [5.41, 5.74) is 5.95. The third-order valence-electron chi connectivity index (χ3n) is 4.52. The van der Waals surface area contributed by atoms with Crippen LogP contribution in [0.1, 0.15) is 45.2 Å². The normalized spacial score (nSPS) is 18.9. The van der Waals surface area contributed by atoms with Gasteiger partial charge in [0.2, 0.25) is 0 Å². The lowest BCUT2D eigenvalue weighted by Crippen LogP contribution is -2.17. The van der Waals surface area contributed by atoms with E-state index in [0.717, 1.165) is 5.02 Å². The van der Waals surface area contributed by atoms with Crippen molar-refractivity contribution in [2.24, 2.45) is 0 Å². The number of hydrogen-bond acceptors (Lipinski definition) is 0. The summed E-state index contributed by atoms with van der Waals surface area (Å²) in [6, 6.07) is 15.0. The average molecular weight is 285 g/mol. The van der Waals surface area contributed by atoms with Crippen molar-refractivity contribution < 1.29 is 0 Å². The molecule has 0 aliphatic heterocycles.